The molecule has 0 aromatic rings. The first kappa shape index (κ1) is 18.0. The van der Waals surface area contributed by atoms with Gasteiger partial charge in [0, 0.05) is 19.6 Å². The van der Waals surface area contributed by atoms with Gasteiger partial charge >= 0.3 is 0 Å². The Labute approximate surface area is 130 Å². The summed E-state index contributed by atoms with van der Waals surface area (Å²) >= 11 is 0. The van der Waals surface area contributed by atoms with Crippen molar-refractivity contribution in [2.75, 3.05) is 13.6 Å². The summed E-state index contributed by atoms with van der Waals surface area (Å²) in [5.74, 6) is 2.74. The van der Waals surface area contributed by atoms with Crippen molar-refractivity contribution in [2.45, 2.75) is 58.9 Å². The molecule has 4 heteroatoms. The molecule has 0 aromatic heterocycles. The first-order valence-corrected chi connectivity index (χ1v) is 7.14. The van der Waals surface area contributed by atoms with Gasteiger partial charge in [-0.1, -0.05) is 20.8 Å². The van der Waals surface area contributed by atoms with Gasteiger partial charge in [0.1, 0.15) is 0 Å². The number of aliphatic imine (C=N–C) groups is 1. The SMILES string of the molecule is CCCNC(=NC)NC1CCC(C(C)C)CC1.I. The molecule has 0 bridgehead atoms. The number of nitrogens with one attached hydrogen (secondary N) is 2. The highest BCUT2D eigenvalue weighted by molar-refractivity contribution is 14.0. The fraction of sp³-hybridized carbons (Fsp3) is 0.929. The van der Waals surface area contributed by atoms with Crippen molar-refractivity contribution >= 4 is 29.9 Å². The fourth-order valence-corrected chi connectivity index (χ4v) is 2.56. The Morgan fingerprint density at radius 1 is 1.22 bits per heavy atom. The lowest BCUT2D eigenvalue weighted by atomic mass is 9.80. The number of hydrogen-bond donors (Lipinski definition) is 2. The minimum atomic E-state index is 0. The molecule has 3 nitrogen and oxygen atoms in total. The average molecular weight is 367 g/mol. The van der Waals surface area contributed by atoms with Crippen molar-refractivity contribution in [3.63, 3.8) is 0 Å². The third kappa shape index (κ3) is 6.25. The Bertz CT molecular complexity index is 233. The quantitative estimate of drug-likeness (QED) is 0.454. The minimum Gasteiger partial charge on any atom is -0.356 e. The number of hydrogen-bond acceptors (Lipinski definition) is 1. The highest BCUT2D eigenvalue weighted by atomic mass is 127. The Morgan fingerprint density at radius 3 is 2.28 bits per heavy atom. The van der Waals surface area contributed by atoms with E-state index in [-0.39, 0.29) is 24.0 Å². The number of halogens is 1. The van der Waals surface area contributed by atoms with E-state index in [1.165, 1.54) is 25.7 Å². The van der Waals surface area contributed by atoms with Crippen LogP contribution in [-0.4, -0.2) is 25.6 Å². The van der Waals surface area contributed by atoms with Crippen LogP contribution < -0.4 is 10.6 Å². The summed E-state index contributed by atoms with van der Waals surface area (Å²) < 4.78 is 0. The second kappa shape index (κ2) is 9.87. The highest BCUT2D eigenvalue weighted by Crippen LogP contribution is 2.29. The maximum Gasteiger partial charge on any atom is 0.191 e. The van der Waals surface area contributed by atoms with Crippen LogP contribution in [0.4, 0.5) is 0 Å². The molecule has 0 atom stereocenters. The van der Waals surface area contributed by atoms with Gasteiger partial charge in [-0.2, -0.15) is 0 Å². The Hall–Kier alpha value is 0. The van der Waals surface area contributed by atoms with E-state index >= 15 is 0 Å². The first-order valence-electron chi connectivity index (χ1n) is 7.14. The lowest BCUT2D eigenvalue weighted by molar-refractivity contribution is 0.250. The van der Waals surface area contributed by atoms with E-state index in [1.807, 2.05) is 7.05 Å². The zero-order valence-corrected chi connectivity index (χ0v) is 14.7. The van der Waals surface area contributed by atoms with Gasteiger partial charge in [0.15, 0.2) is 5.96 Å². The molecule has 2 N–H and O–H groups in total. The van der Waals surface area contributed by atoms with Crippen molar-refractivity contribution in [1.29, 1.82) is 0 Å². The van der Waals surface area contributed by atoms with Crippen molar-refractivity contribution in [3.8, 4) is 0 Å². The highest BCUT2D eigenvalue weighted by Gasteiger charge is 2.23. The molecule has 0 aliphatic heterocycles. The lowest BCUT2D eigenvalue weighted by Gasteiger charge is -2.32. The van der Waals surface area contributed by atoms with Gasteiger partial charge in [0.05, 0.1) is 0 Å². The van der Waals surface area contributed by atoms with Crippen molar-refractivity contribution in [2.24, 2.45) is 16.8 Å². The van der Waals surface area contributed by atoms with Crippen LogP contribution in [-0.2, 0) is 0 Å². The van der Waals surface area contributed by atoms with Crippen LogP contribution in [0.2, 0.25) is 0 Å². The number of nitrogens with zero attached hydrogens (tertiary/aromatic N) is 1. The molecule has 0 heterocycles. The standard InChI is InChI=1S/C14H29N3.HI/c1-5-10-16-14(15-4)17-13-8-6-12(7-9-13)11(2)3;/h11-13H,5-10H2,1-4H3,(H2,15,16,17);1H. The van der Waals surface area contributed by atoms with Crippen LogP contribution in [0, 0.1) is 11.8 Å². The molecule has 0 aromatic carbocycles. The predicted octanol–water partition coefficient (Wildman–Crippen LogP) is 3.39. The van der Waals surface area contributed by atoms with Gasteiger partial charge in [-0.3, -0.25) is 4.99 Å². The van der Waals surface area contributed by atoms with Crippen LogP contribution in [0.25, 0.3) is 0 Å². The molecular weight excluding hydrogens is 337 g/mol. The summed E-state index contributed by atoms with van der Waals surface area (Å²) in [6, 6.07) is 0.619. The van der Waals surface area contributed by atoms with Crippen molar-refractivity contribution in [1.82, 2.24) is 10.6 Å². The van der Waals surface area contributed by atoms with Crippen molar-refractivity contribution < 1.29 is 0 Å². The molecule has 0 radical (unpaired) electrons. The van der Waals surface area contributed by atoms with E-state index < -0.39 is 0 Å². The van der Waals surface area contributed by atoms with Crippen LogP contribution in [0.5, 0.6) is 0 Å². The smallest absolute Gasteiger partial charge is 0.191 e. The van der Waals surface area contributed by atoms with E-state index in [4.69, 9.17) is 0 Å². The average Bonchev–Trinajstić information content (AvgIpc) is 2.35. The maximum absolute atomic E-state index is 4.27. The molecule has 1 fully saturated rings. The second-order valence-electron chi connectivity index (χ2n) is 5.50. The van der Waals surface area contributed by atoms with Gasteiger partial charge in [0.25, 0.3) is 0 Å². The van der Waals surface area contributed by atoms with E-state index in [2.05, 4.69) is 36.4 Å². The van der Waals surface area contributed by atoms with Gasteiger partial charge in [0.2, 0.25) is 0 Å². The summed E-state index contributed by atoms with van der Waals surface area (Å²) in [5, 5.41) is 6.88. The zero-order valence-electron chi connectivity index (χ0n) is 12.3. The summed E-state index contributed by atoms with van der Waals surface area (Å²) in [6.45, 7) is 7.87. The largest absolute Gasteiger partial charge is 0.356 e. The lowest BCUT2D eigenvalue weighted by Crippen LogP contribution is -2.45. The van der Waals surface area contributed by atoms with E-state index in [1.54, 1.807) is 0 Å². The Morgan fingerprint density at radius 2 is 1.83 bits per heavy atom. The third-order valence-electron chi connectivity index (χ3n) is 3.82. The van der Waals surface area contributed by atoms with E-state index in [0.717, 1.165) is 30.8 Å². The predicted molar refractivity (Wildman–Crippen MR) is 90.8 cm³/mol. The maximum atomic E-state index is 4.27. The molecule has 0 spiro atoms. The fourth-order valence-electron chi connectivity index (χ4n) is 2.56. The molecule has 108 valence electrons. The summed E-state index contributed by atoms with van der Waals surface area (Å²) in [4.78, 5) is 4.27. The first-order chi connectivity index (χ1) is 8.17. The molecule has 18 heavy (non-hydrogen) atoms. The van der Waals surface area contributed by atoms with Crippen molar-refractivity contribution in [3.05, 3.63) is 0 Å². The molecule has 1 saturated carbocycles. The molecular formula is C14H30IN3. The Balaban J connectivity index is 0.00000289. The van der Waals surface area contributed by atoms with E-state index in [0.29, 0.717) is 6.04 Å². The molecule has 1 rings (SSSR count). The van der Waals surface area contributed by atoms with Gasteiger partial charge in [-0.25, -0.2) is 0 Å². The second-order valence-corrected chi connectivity index (χ2v) is 5.50. The molecule has 1 aliphatic carbocycles. The topological polar surface area (TPSA) is 36.4 Å². The van der Waals surface area contributed by atoms with E-state index in [9.17, 15) is 0 Å². The number of rotatable bonds is 4. The summed E-state index contributed by atoms with van der Waals surface area (Å²) in [7, 11) is 1.85. The van der Waals surface area contributed by atoms with Crippen LogP contribution in [0.3, 0.4) is 0 Å². The van der Waals surface area contributed by atoms with Crippen LogP contribution >= 0.6 is 24.0 Å². The number of guanidine groups is 1. The molecule has 1 aliphatic rings. The van der Waals surface area contributed by atoms with Gasteiger partial charge in [-0.05, 0) is 43.9 Å². The summed E-state index contributed by atoms with van der Waals surface area (Å²) in [5.41, 5.74) is 0. The molecule has 0 amide bonds. The molecule has 0 saturated heterocycles. The third-order valence-corrected chi connectivity index (χ3v) is 3.82. The summed E-state index contributed by atoms with van der Waals surface area (Å²) in [6.07, 6.45) is 6.44. The Kier molecular flexibility index (Phi) is 9.87. The molecule has 0 unspecified atom stereocenters. The van der Waals surface area contributed by atoms with Gasteiger partial charge in [-0.15, -0.1) is 24.0 Å². The van der Waals surface area contributed by atoms with Crippen LogP contribution in [0.1, 0.15) is 52.9 Å². The zero-order chi connectivity index (χ0) is 12.7. The van der Waals surface area contributed by atoms with Crippen LogP contribution in [0.15, 0.2) is 4.99 Å². The minimum absolute atomic E-state index is 0. The van der Waals surface area contributed by atoms with Gasteiger partial charge < -0.3 is 10.6 Å². The normalized spacial score (nSPS) is 24.6. The monoisotopic (exact) mass is 367 g/mol.